The van der Waals surface area contributed by atoms with Crippen molar-refractivity contribution in [3.05, 3.63) is 24.3 Å². The zero-order valence-corrected chi connectivity index (χ0v) is 11.1. The van der Waals surface area contributed by atoms with E-state index in [9.17, 15) is 4.79 Å². The smallest absolute Gasteiger partial charge is 0.344 e. The Kier molecular flexibility index (Phi) is 5.49. The zero-order valence-electron chi connectivity index (χ0n) is 11.1. The highest BCUT2D eigenvalue weighted by molar-refractivity contribution is 5.72. The number of benzene rings is 1. The first-order valence-corrected chi connectivity index (χ1v) is 6.15. The van der Waals surface area contributed by atoms with Crippen LogP contribution in [0.2, 0.25) is 0 Å². The molecule has 0 radical (unpaired) electrons. The van der Waals surface area contributed by atoms with Gasteiger partial charge < -0.3 is 14.6 Å². The van der Waals surface area contributed by atoms with Crippen LogP contribution in [0.3, 0.4) is 0 Å². The number of hydrogen-bond donors (Lipinski definition) is 1. The van der Waals surface area contributed by atoms with Crippen molar-refractivity contribution in [2.75, 3.05) is 6.61 Å². The summed E-state index contributed by atoms with van der Waals surface area (Å²) in [4.78, 5) is 11.1. The molecular formula is C14H20O4. The quantitative estimate of drug-likeness (QED) is 0.810. The molecule has 4 nitrogen and oxygen atoms in total. The van der Waals surface area contributed by atoms with Crippen LogP contribution in [0.5, 0.6) is 11.5 Å². The van der Waals surface area contributed by atoms with Gasteiger partial charge >= 0.3 is 5.97 Å². The standard InChI is InChI=1S/C14H20O4/c1-4-17-11-7-5-6-8-12(11)18-13(14(15)16)9-10(2)3/h5-8,10,13H,4,9H2,1-3H3,(H,15,16)/t13-/m1/s1. The lowest BCUT2D eigenvalue weighted by Gasteiger charge is -2.18. The lowest BCUT2D eigenvalue weighted by atomic mass is 10.1. The second-order valence-corrected chi connectivity index (χ2v) is 4.45. The molecule has 0 spiro atoms. The van der Waals surface area contributed by atoms with Crippen LogP contribution in [0.25, 0.3) is 0 Å². The van der Waals surface area contributed by atoms with E-state index in [4.69, 9.17) is 14.6 Å². The maximum atomic E-state index is 11.1. The Morgan fingerprint density at radius 1 is 1.28 bits per heavy atom. The molecule has 0 fully saturated rings. The minimum absolute atomic E-state index is 0.255. The SMILES string of the molecule is CCOc1ccccc1O[C@H](CC(C)C)C(=O)O. The van der Waals surface area contributed by atoms with Crippen LogP contribution in [-0.2, 0) is 4.79 Å². The number of carboxylic acid groups (broad SMARTS) is 1. The number of aliphatic carboxylic acids is 1. The van der Waals surface area contributed by atoms with Crippen molar-refractivity contribution < 1.29 is 19.4 Å². The third-order valence-corrected chi connectivity index (χ3v) is 2.38. The molecule has 0 aliphatic carbocycles. The van der Waals surface area contributed by atoms with Crippen molar-refractivity contribution >= 4 is 5.97 Å². The average molecular weight is 252 g/mol. The maximum absolute atomic E-state index is 11.1. The van der Waals surface area contributed by atoms with E-state index >= 15 is 0 Å². The van der Waals surface area contributed by atoms with Gasteiger partial charge in [-0.15, -0.1) is 0 Å². The fourth-order valence-electron chi connectivity index (χ4n) is 1.60. The van der Waals surface area contributed by atoms with Gasteiger partial charge in [0.05, 0.1) is 6.61 Å². The van der Waals surface area contributed by atoms with Crippen LogP contribution < -0.4 is 9.47 Å². The van der Waals surface area contributed by atoms with Gasteiger partial charge in [0.2, 0.25) is 0 Å². The summed E-state index contributed by atoms with van der Waals surface area (Å²) in [6, 6.07) is 7.12. The molecule has 0 saturated heterocycles. The average Bonchev–Trinajstić information content (AvgIpc) is 2.30. The lowest BCUT2D eigenvalue weighted by Crippen LogP contribution is -2.28. The van der Waals surface area contributed by atoms with Gasteiger partial charge in [-0.25, -0.2) is 4.79 Å². The summed E-state index contributed by atoms with van der Waals surface area (Å²) in [6.45, 7) is 6.32. The second-order valence-electron chi connectivity index (χ2n) is 4.45. The molecule has 100 valence electrons. The Labute approximate surface area is 108 Å². The highest BCUT2D eigenvalue weighted by Crippen LogP contribution is 2.28. The maximum Gasteiger partial charge on any atom is 0.344 e. The molecule has 0 aromatic heterocycles. The van der Waals surface area contributed by atoms with E-state index in [0.29, 0.717) is 24.5 Å². The minimum Gasteiger partial charge on any atom is -0.490 e. The van der Waals surface area contributed by atoms with Crippen LogP contribution in [0.15, 0.2) is 24.3 Å². The summed E-state index contributed by atoms with van der Waals surface area (Å²) >= 11 is 0. The van der Waals surface area contributed by atoms with E-state index in [-0.39, 0.29) is 5.92 Å². The van der Waals surface area contributed by atoms with Gasteiger partial charge in [0.25, 0.3) is 0 Å². The molecule has 0 unspecified atom stereocenters. The molecule has 0 heterocycles. The summed E-state index contributed by atoms with van der Waals surface area (Å²) in [5, 5.41) is 9.14. The van der Waals surface area contributed by atoms with Crippen LogP contribution in [0.1, 0.15) is 27.2 Å². The van der Waals surface area contributed by atoms with Crippen molar-refractivity contribution in [3.8, 4) is 11.5 Å². The third-order valence-electron chi connectivity index (χ3n) is 2.38. The van der Waals surface area contributed by atoms with Crippen molar-refractivity contribution in [2.24, 2.45) is 5.92 Å². The van der Waals surface area contributed by atoms with E-state index in [1.54, 1.807) is 18.2 Å². The topological polar surface area (TPSA) is 55.8 Å². The molecule has 4 heteroatoms. The molecule has 18 heavy (non-hydrogen) atoms. The van der Waals surface area contributed by atoms with Crippen molar-refractivity contribution in [1.82, 2.24) is 0 Å². The Balaban J connectivity index is 2.82. The Morgan fingerprint density at radius 2 is 1.89 bits per heavy atom. The molecule has 0 bridgehead atoms. The molecule has 1 aromatic rings. The van der Waals surface area contributed by atoms with Gasteiger partial charge in [0.15, 0.2) is 17.6 Å². The van der Waals surface area contributed by atoms with Gasteiger partial charge in [-0.1, -0.05) is 26.0 Å². The normalized spacial score (nSPS) is 12.2. The van der Waals surface area contributed by atoms with E-state index in [1.807, 2.05) is 26.8 Å². The Hall–Kier alpha value is -1.71. The van der Waals surface area contributed by atoms with E-state index in [0.717, 1.165) is 0 Å². The number of carboxylic acids is 1. The summed E-state index contributed by atoms with van der Waals surface area (Å²) in [5.41, 5.74) is 0. The number of hydrogen-bond acceptors (Lipinski definition) is 3. The van der Waals surface area contributed by atoms with Crippen LogP contribution >= 0.6 is 0 Å². The summed E-state index contributed by atoms with van der Waals surface area (Å²) < 4.78 is 11.0. The van der Waals surface area contributed by atoms with Gasteiger partial charge in [-0.05, 0) is 31.4 Å². The number of ether oxygens (including phenoxy) is 2. The molecule has 0 saturated carbocycles. The number of para-hydroxylation sites is 2. The van der Waals surface area contributed by atoms with Gasteiger partial charge in [0.1, 0.15) is 0 Å². The molecule has 1 aromatic carbocycles. The fraction of sp³-hybridized carbons (Fsp3) is 0.500. The third kappa shape index (κ3) is 4.28. The minimum atomic E-state index is -0.949. The zero-order chi connectivity index (χ0) is 13.5. The Morgan fingerprint density at radius 3 is 2.39 bits per heavy atom. The van der Waals surface area contributed by atoms with Gasteiger partial charge in [-0.3, -0.25) is 0 Å². The fourth-order valence-corrected chi connectivity index (χ4v) is 1.60. The van der Waals surface area contributed by atoms with E-state index in [1.165, 1.54) is 0 Å². The predicted octanol–water partition coefficient (Wildman–Crippen LogP) is 2.96. The van der Waals surface area contributed by atoms with E-state index in [2.05, 4.69) is 0 Å². The molecule has 1 N–H and O–H groups in total. The highest BCUT2D eigenvalue weighted by Gasteiger charge is 2.22. The first-order chi connectivity index (χ1) is 8.54. The molecule has 0 aliphatic heterocycles. The molecule has 1 atom stereocenters. The van der Waals surface area contributed by atoms with Crippen LogP contribution in [0.4, 0.5) is 0 Å². The lowest BCUT2D eigenvalue weighted by molar-refractivity contribution is -0.145. The van der Waals surface area contributed by atoms with Crippen LogP contribution in [-0.4, -0.2) is 23.8 Å². The Bertz CT molecular complexity index is 387. The first kappa shape index (κ1) is 14.4. The number of carbonyl (C=O) groups is 1. The second kappa shape index (κ2) is 6.89. The van der Waals surface area contributed by atoms with Crippen LogP contribution in [0, 0.1) is 5.92 Å². The van der Waals surface area contributed by atoms with Crippen molar-refractivity contribution in [1.29, 1.82) is 0 Å². The number of rotatable bonds is 7. The summed E-state index contributed by atoms with van der Waals surface area (Å²) in [7, 11) is 0. The summed E-state index contributed by atoms with van der Waals surface area (Å²) in [5.74, 6) is 0.364. The highest BCUT2D eigenvalue weighted by atomic mass is 16.5. The van der Waals surface area contributed by atoms with Gasteiger partial charge in [-0.2, -0.15) is 0 Å². The monoisotopic (exact) mass is 252 g/mol. The predicted molar refractivity (Wildman–Crippen MR) is 69.1 cm³/mol. The molecule has 0 amide bonds. The van der Waals surface area contributed by atoms with Crippen molar-refractivity contribution in [2.45, 2.75) is 33.3 Å². The largest absolute Gasteiger partial charge is 0.490 e. The molecule has 0 aliphatic rings. The molecular weight excluding hydrogens is 232 g/mol. The van der Waals surface area contributed by atoms with Crippen molar-refractivity contribution in [3.63, 3.8) is 0 Å². The summed E-state index contributed by atoms with van der Waals surface area (Å²) in [6.07, 6.45) is -0.373. The van der Waals surface area contributed by atoms with Gasteiger partial charge in [0, 0.05) is 0 Å². The molecule has 1 rings (SSSR count). The first-order valence-electron chi connectivity index (χ1n) is 6.15. The van der Waals surface area contributed by atoms with E-state index < -0.39 is 12.1 Å².